The summed E-state index contributed by atoms with van der Waals surface area (Å²) in [5.74, 6) is 1.42. The molecule has 0 atom stereocenters. The van der Waals surface area contributed by atoms with Crippen molar-refractivity contribution in [2.24, 2.45) is 0 Å². The summed E-state index contributed by atoms with van der Waals surface area (Å²) in [6, 6.07) is 10.2. The first-order valence-corrected chi connectivity index (χ1v) is 6.88. The molecule has 2 aromatic rings. The number of nitrogens with one attached hydrogen (secondary N) is 2. The van der Waals surface area contributed by atoms with Crippen LogP contribution < -0.4 is 10.6 Å². The summed E-state index contributed by atoms with van der Waals surface area (Å²) < 4.78 is 0. The molecule has 0 aliphatic rings. The summed E-state index contributed by atoms with van der Waals surface area (Å²) in [7, 11) is 1.81. The Hall–Kier alpha value is -1.75. The van der Waals surface area contributed by atoms with Crippen LogP contribution in [0.15, 0.2) is 35.2 Å². The van der Waals surface area contributed by atoms with E-state index in [2.05, 4.69) is 39.0 Å². The molecule has 0 aliphatic carbocycles. The van der Waals surface area contributed by atoms with Crippen molar-refractivity contribution in [3.8, 4) is 0 Å². The van der Waals surface area contributed by atoms with E-state index in [1.807, 2.05) is 32.2 Å². The number of benzene rings is 1. The molecule has 1 aromatic carbocycles. The number of aromatic nitrogens is 2. The predicted molar refractivity (Wildman–Crippen MR) is 77.8 cm³/mol. The lowest BCUT2D eigenvalue weighted by atomic mass is 10.3. The fraction of sp³-hybridized carbons (Fsp3) is 0.231. The van der Waals surface area contributed by atoms with Crippen LogP contribution in [0.5, 0.6) is 0 Å². The summed E-state index contributed by atoms with van der Waals surface area (Å²) >= 11 is 1.73. The fourth-order valence-electron chi connectivity index (χ4n) is 1.57. The summed E-state index contributed by atoms with van der Waals surface area (Å²) in [5, 5.41) is 6.22. The van der Waals surface area contributed by atoms with Gasteiger partial charge in [-0.3, -0.25) is 0 Å². The van der Waals surface area contributed by atoms with Crippen LogP contribution in [-0.2, 0) is 0 Å². The number of anilines is 3. The van der Waals surface area contributed by atoms with Crippen molar-refractivity contribution in [3.05, 3.63) is 36.0 Å². The highest BCUT2D eigenvalue weighted by Crippen LogP contribution is 2.20. The van der Waals surface area contributed by atoms with E-state index < -0.39 is 0 Å². The molecule has 0 fully saturated rings. The summed E-state index contributed by atoms with van der Waals surface area (Å²) in [6.45, 7) is 1.95. The number of hydrogen-bond acceptors (Lipinski definition) is 5. The second-order valence-corrected chi connectivity index (χ2v) is 4.70. The topological polar surface area (TPSA) is 49.8 Å². The molecule has 1 heterocycles. The Labute approximate surface area is 111 Å². The molecule has 4 nitrogen and oxygen atoms in total. The molecule has 0 saturated heterocycles. The van der Waals surface area contributed by atoms with E-state index in [0.717, 1.165) is 17.2 Å². The maximum atomic E-state index is 4.35. The van der Waals surface area contributed by atoms with Gasteiger partial charge in [0.2, 0.25) is 5.95 Å². The quantitative estimate of drug-likeness (QED) is 0.826. The standard InChI is InChI=1S/C13H16N4S/c1-9-8-12(17-13(14-2)15-9)16-10-4-6-11(18-3)7-5-10/h4-8H,1-3H3,(H2,14,15,16,17). The van der Waals surface area contributed by atoms with Crippen LogP contribution >= 0.6 is 11.8 Å². The highest BCUT2D eigenvalue weighted by Gasteiger charge is 2.01. The minimum Gasteiger partial charge on any atom is -0.357 e. The van der Waals surface area contributed by atoms with E-state index in [-0.39, 0.29) is 0 Å². The van der Waals surface area contributed by atoms with Crippen LogP contribution in [0.2, 0.25) is 0 Å². The average Bonchev–Trinajstić information content (AvgIpc) is 2.39. The molecular formula is C13H16N4S. The van der Waals surface area contributed by atoms with Crippen LogP contribution in [-0.4, -0.2) is 23.3 Å². The molecule has 2 N–H and O–H groups in total. The Balaban J connectivity index is 2.19. The molecule has 0 spiro atoms. The molecule has 18 heavy (non-hydrogen) atoms. The first kappa shape index (κ1) is 12.7. The molecule has 0 amide bonds. The predicted octanol–water partition coefficient (Wildman–Crippen LogP) is 3.29. The third-order valence-corrected chi connectivity index (χ3v) is 3.18. The Morgan fingerprint density at radius 1 is 1.11 bits per heavy atom. The second-order valence-electron chi connectivity index (χ2n) is 3.82. The largest absolute Gasteiger partial charge is 0.357 e. The van der Waals surface area contributed by atoms with Crippen molar-refractivity contribution in [2.75, 3.05) is 23.9 Å². The van der Waals surface area contributed by atoms with E-state index in [0.29, 0.717) is 5.95 Å². The number of nitrogens with zero attached hydrogens (tertiary/aromatic N) is 2. The van der Waals surface area contributed by atoms with Gasteiger partial charge in [-0.15, -0.1) is 11.8 Å². The van der Waals surface area contributed by atoms with Crippen LogP contribution in [0, 0.1) is 6.92 Å². The normalized spacial score (nSPS) is 10.2. The smallest absolute Gasteiger partial charge is 0.224 e. The number of aryl methyl sites for hydroxylation is 1. The zero-order valence-electron chi connectivity index (χ0n) is 10.7. The lowest BCUT2D eigenvalue weighted by molar-refractivity contribution is 1.10. The van der Waals surface area contributed by atoms with Gasteiger partial charge >= 0.3 is 0 Å². The maximum Gasteiger partial charge on any atom is 0.224 e. The van der Waals surface area contributed by atoms with Gasteiger partial charge in [-0.2, -0.15) is 4.98 Å². The summed E-state index contributed by atoms with van der Waals surface area (Å²) in [4.78, 5) is 9.85. The van der Waals surface area contributed by atoms with Gasteiger partial charge in [0.25, 0.3) is 0 Å². The van der Waals surface area contributed by atoms with E-state index in [1.165, 1.54) is 4.90 Å². The minimum absolute atomic E-state index is 0.623. The van der Waals surface area contributed by atoms with Gasteiger partial charge in [-0.1, -0.05) is 0 Å². The molecule has 1 aromatic heterocycles. The zero-order chi connectivity index (χ0) is 13.0. The summed E-state index contributed by atoms with van der Waals surface area (Å²) in [6.07, 6.45) is 2.06. The van der Waals surface area contributed by atoms with Crippen LogP contribution in [0.3, 0.4) is 0 Å². The average molecular weight is 260 g/mol. The molecule has 0 bridgehead atoms. The van der Waals surface area contributed by atoms with Crippen molar-refractivity contribution in [2.45, 2.75) is 11.8 Å². The van der Waals surface area contributed by atoms with Crippen LogP contribution in [0.25, 0.3) is 0 Å². The van der Waals surface area contributed by atoms with E-state index >= 15 is 0 Å². The highest BCUT2D eigenvalue weighted by atomic mass is 32.2. The number of thioether (sulfide) groups is 1. The lowest BCUT2D eigenvalue weighted by Gasteiger charge is -2.08. The van der Waals surface area contributed by atoms with E-state index in [9.17, 15) is 0 Å². The number of hydrogen-bond donors (Lipinski definition) is 2. The second kappa shape index (κ2) is 5.73. The Morgan fingerprint density at radius 2 is 1.83 bits per heavy atom. The zero-order valence-corrected chi connectivity index (χ0v) is 11.5. The van der Waals surface area contributed by atoms with Gasteiger partial charge in [-0.25, -0.2) is 4.98 Å². The Morgan fingerprint density at radius 3 is 2.44 bits per heavy atom. The van der Waals surface area contributed by atoms with Gasteiger partial charge in [0.1, 0.15) is 5.82 Å². The van der Waals surface area contributed by atoms with Crippen molar-refractivity contribution in [3.63, 3.8) is 0 Å². The Kier molecular flexibility index (Phi) is 4.04. The van der Waals surface area contributed by atoms with Gasteiger partial charge in [-0.05, 0) is 37.4 Å². The first-order chi connectivity index (χ1) is 8.71. The van der Waals surface area contributed by atoms with E-state index in [1.54, 1.807) is 11.8 Å². The van der Waals surface area contributed by atoms with Crippen molar-refractivity contribution in [1.82, 2.24) is 9.97 Å². The molecule has 0 unspecified atom stereocenters. The molecule has 0 radical (unpaired) electrons. The van der Waals surface area contributed by atoms with Crippen LogP contribution in [0.4, 0.5) is 17.5 Å². The third-order valence-electron chi connectivity index (χ3n) is 2.44. The monoisotopic (exact) mass is 260 g/mol. The van der Waals surface area contributed by atoms with Crippen molar-refractivity contribution >= 4 is 29.2 Å². The van der Waals surface area contributed by atoms with Gasteiger partial charge in [0.05, 0.1) is 0 Å². The third kappa shape index (κ3) is 3.13. The Bertz CT molecular complexity index is 525. The molecule has 0 aliphatic heterocycles. The fourth-order valence-corrected chi connectivity index (χ4v) is 1.97. The first-order valence-electron chi connectivity index (χ1n) is 5.66. The molecule has 5 heteroatoms. The van der Waals surface area contributed by atoms with Gasteiger partial charge in [0.15, 0.2) is 0 Å². The minimum atomic E-state index is 0.623. The SMILES string of the molecule is CNc1nc(C)cc(Nc2ccc(SC)cc2)n1. The van der Waals surface area contributed by atoms with Gasteiger partial charge in [0, 0.05) is 29.4 Å². The molecule has 94 valence electrons. The highest BCUT2D eigenvalue weighted by molar-refractivity contribution is 7.98. The maximum absolute atomic E-state index is 4.35. The van der Waals surface area contributed by atoms with Gasteiger partial charge < -0.3 is 10.6 Å². The molecular weight excluding hydrogens is 244 g/mol. The van der Waals surface area contributed by atoms with Crippen molar-refractivity contribution in [1.29, 1.82) is 0 Å². The summed E-state index contributed by atoms with van der Waals surface area (Å²) in [5.41, 5.74) is 1.95. The van der Waals surface area contributed by atoms with E-state index in [4.69, 9.17) is 0 Å². The molecule has 2 rings (SSSR count). The molecule has 0 saturated carbocycles. The van der Waals surface area contributed by atoms with Crippen LogP contribution in [0.1, 0.15) is 5.69 Å². The lowest BCUT2D eigenvalue weighted by Crippen LogP contribution is -2.01. The van der Waals surface area contributed by atoms with Crippen molar-refractivity contribution < 1.29 is 0 Å². The number of rotatable bonds is 4.